The minimum atomic E-state index is -0.932. The number of urea groups is 1. The van der Waals surface area contributed by atoms with Crippen molar-refractivity contribution in [3.8, 4) is 5.75 Å². The van der Waals surface area contributed by atoms with Crippen LogP contribution in [0.4, 0.5) is 10.5 Å². The van der Waals surface area contributed by atoms with Crippen LogP contribution in [0.2, 0.25) is 0 Å². The summed E-state index contributed by atoms with van der Waals surface area (Å²) in [5.74, 6) is 0.175. The van der Waals surface area contributed by atoms with E-state index in [1.165, 1.54) is 14.2 Å². The van der Waals surface area contributed by atoms with Gasteiger partial charge in [0, 0.05) is 7.11 Å². The molecular formula is C11H11BrN2O4. The maximum absolute atomic E-state index is 11.9. The van der Waals surface area contributed by atoms with Gasteiger partial charge in [0.05, 0.1) is 17.3 Å². The van der Waals surface area contributed by atoms with Crippen LogP contribution in [0.1, 0.15) is 0 Å². The van der Waals surface area contributed by atoms with Crippen LogP contribution < -0.4 is 15.0 Å². The number of ether oxygens (including phenoxy) is 2. The van der Waals surface area contributed by atoms with Crippen LogP contribution in [0.3, 0.4) is 0 Å². The first-order valence-corrected chi connectivity index (χ1v) is 5.88. The molecule has 0 saturated carbocycles. The smallest absolute Gasteiger partial charge is 0.331 e. The highest BCUT2D eigenvalue weighted by atomic mass is 79.9. The standard InChI is InChI=1S/C11H11BrN2O4/c1-17-8-4-3-6(5-7(8)12)14-10(15)9(18-2)13-11(14)16/h3-5,9H,1-2H3,(H,13,16). The Bertz CT molecular complexity index is 506. The SMILES string of the molecule is COc1ccc(N2C(=O)NC(OC)C2=O)cc1Br. The Hall–Kier alpha value is -1.60. The van der Waals surface area contributed by atoms with Gasteiger partial charge in [-0.05, 0) is 34.1 Å². The highest BCUT2D eigenvalue weighted by molar-refractivity contribution is 9.10. The van der Waals surface area contributed by atoms with E-state index in [-0.39, 0.29) is 0 Å². The second-order valence-corrected chi connectivity index (χ2v) is 4.41. The Labute approximate surface area is 112 Å². The molecule has 1 N–H and O–H groups in total. The van der Waals surface area contributed by atoms with Gasteiger partial charge in [0.2, 0.25) is 6.23 Å². The van der Waals surface area contributed by atoms with Crippen molar-refractivity contribution in [2.45, 2.75) is 6.23 Å². The summed E-state index contributed by atoms with van der Waals surface area (Å²) in [5.41, 5.74) is 0.449. The largest absolute Gasteiger partial charge is 0.496 e. The predicted molar refractivity (Wildman–Crippen MR) is 67.5 cm³/mol. The van der Waals surface area contributed by atoms with E-state index in [0.717, 1.165) is 4.90 Å². The number of halogens is 1. The minimum Gasteiger partial charge on any atom is -0.496 e. The molecule has 0 aliphatic carbocycles. The van der Waals surface area contributed by atoms with Crippen LogP contribution in [0, 0.1) is 0 Å². The average Bonchev–Trinajstić information content (AvgIpc) is 2.64. The lowest BCUT2D eigenvalue weighted by Gasteiger charge is -2.14. The summed E-state index contributed by atoms with van der Waals surface area (Å²) in [6.07, 6.45) is -0.932. The molecule has 1 fully saturated rings. The van der Waals surface area contributed by atoms with Crippen molar-refractivity contribution < 1.29 is 19.1 Å². The Morgan fingerprint density at radius 1 is 1.33 bits per heavy atom. The summed E-state index contributed by atoms with van der Waals surface area (Å²) in [6, 6.07) is 4.41. The van der Waals surface area contributed by atoms with Gasteiger partial charge in [-0.15, -0.1) is 0 Å². The summed E-state index contributed by atoms with van der Waals surface area (Å²) < 4.78 is 10.6. The van der Waals surface area contributed by atoms with Crippen LogP contribution in [-0.4, -0.2) is 32.4 Å². The number of amides is 3. The highest BCUT2D eigenvalue weighted by Gasteiger charge is 2.39. The number of carbonyl (C=O) groups is 2. The first kappa shape index (κ1) is 12.8. The topological polar surface area (TPSA) is 67.9 Å². The number of rotatable bonds is 3. The van der Waals surface area contributed by atoms with Gasteiger partial charge in [0.1, 0.15) is 5.75 Å². The van der Waals surface area contributed by atoms with Crippen LogP contribution in [0.15, 0.2) is 22.7 Å². The molecule has 0 radical (unpaired) electrons. The number of anilines is 1. The van der Waals surface area contributed by atoms with Crippen LogP contribution in [0.5, 0.6) is 5.75 Å². The van der Waals surface area contributed by atoms with Crippen molar-refractivity contribution in [1.82, 2.24) is 5.32 Å². The second-order valence-electron chi connectivity index (χ2n) is 3.56. The summed E-state index contributed by atoms with van der Waals surface area (Å²) >= 11 is 3.30. The Morgan fingerprint density at radius 3 is 2.56 bits per heavy atom. The second kappa shape index (κ2) is 4.95. The molecule has 0 aromatic heterocycles. The van der Waals surface area contributed by atoms with Crippen LogP contribution >= 0.6 is 15.9 Å². The van der Waals surface area contributed by atoms with Crippen LogP contribution in [0.25, 0.3) is 0 Å². The van der Waals surface area contributed by atoms with E-state index in [1.54, 1.807) is 18.2 Å². The van der Waals surface area contributed by atoms with Gasteiger partial charge in [0.25, 0.3) is 5.91 Å². The number of nitrogens with zero attached hydrogens (tertiary/aromatic N) is 1. The fraction of sp³-hybridized carbons (Fsp3) is 0.273. The van der Waals surface area contributed by atoms with Crippen molar-refractivity contribution in [3.05, 3.63) is 22.7 Å². The van der Waals surface area contributed by atoms with E-state index >= 15 is 0 Å². The zero-order chi connectivity index (χ0) is 13.3. The fourth-order valence-corrected chi connectivity index (χ4v) is 2.18. The fourth-order valence-electron chi connectivity index (χ4n) is 1.65. The minimum absolute atomic E-state index is 0.445. The molecule has 6 nitrogen and oxygen atoms in total. The molecule has 1 unspecified atom stereocenters. The molecule has 96 valence electrons. The number of imide groups is 1. The summed E-state index contributed by atoms with van der Waals surface area (Å²) in [5, 5.41) is 2.42. The van der Waals surface area contributed by atoms with E-state index in [2.05, 4.69) is 21.2 Å². The van der Waals surface area contributed by atoms with Crippen molar-refractivity contribution in [2.24, 2.45) is 0 Å². The lowest BCUT2D eigenvalue weighted by atomic mass is 10.3. The van der Waals surface area contributed by atoms with Gasteiger partial charge in [-0.25, -0.2) is 9.69 Å². The van der Waals surface area contributed by atoms with Gasteiger partial charge in [-0.2, -0.15) is 0 Å². The average molecular weight is 315 g/mol. The molecule has 0 spiro atoms. The van der Waals surface area contributed by atoms with Crippen molar-refractivity contribution >= 4 is 33.6 Å². The van der Waals surface area contributed by atoms with Gasteiger partial charge < -0.3 is 14.8 Å². The normalized spacial score (nSPS) is 19.1. The van der Waals surface area contributed by atoms with E-state index in [9.17, 15) is 9.59 Å². The van der Waals surface area contributed by atoms with Crippen molar-refractivity contribution in [1.29, 1.82) is 0 Å². The molecule has 1 heterocycles. The first-order valence-electron chi connectivity index (χ1n) is 5.09. The summed E-state index contributed by atoms with van der Waals surface area (Å²) in [6.45, 7) is 0. The highest BCUT2D eigenvalue weighted by Crippen LogP contribution is 2.30. The molecule has 1 saturated heterocycles. The number of hydrogen-bond acceptors (Lipinski definition) is 4. The molecule has 1 aliphatic rings. The van der Waals surface area contributed by atoms with E-state index in [4.69, 9.17) is 9.47 Å². The number of carbonyl (C=O) groups excluding carboxylic acids is 2. The predicted octanol–water partition coefficient (Wildman–Crippen LogP) is 1.49. The molecule has 1 aromatic rings. The molecule has 1 aliphatic heterocycles. The Balaban J connectivity index is 2.34. The van der Waals surface area contributed by atoms with Gasteiger partial charge in [-0.3, -0.25) is 4.79 Å². The Kier molecular flexibility index (Phi) is 3.53. The van der Waals surface area contributed by atoms with E-state index in [1.807, 2.05) is 0 Å². The molecule has 3 amide bonds. The van der Waals surface area contributed by atoms with Crippen molar-refractivity contribution in [2.75, 3.05) is 19.1 Å². The van der Waals surface area contributed by atoms with Crippen LogP contribution in [-0.2, 0) is 9.53 Å². The zero-order valence-corrected chi connectivity index (χ0v) is 11.4. The first-order chi connectivity index (χ1) is 8.58. The Morgan fingerprint density at radius 2 is 2.06 bits per heavy atom. The molecule has 2 rings (SSSR count). The summed E-state index contributed by atoms with van der Waals surface area (Å²) in [4.78, 5) is 24.6. The lowest BCUT2D eigenvalue weighted by molar-refractivity contribution is -0.126. The van der Waals surface area contributed by atoms with E-state index < -0.39 is 18.2 Å². The monoisotopic (exact) mass is 314 g/mol. The number of hydrogen-bond donors (Lipinski definition) is 1. The van der Waals surface area contributed by atoms with Gasteiger partial charge >= 0.3 is 6.03 Å². The zero-order valence-electron chi connectivity index (χ0n) is 9.77. The number of methoxy groups -OCH3 is 2. The summed E-state index contributed by atoms with van der Waals surface area (Å²) in [7, 11) is 2.89. The molecule has 1 atom stereocenters. The molecule has 1 aromatic carbocycles. The third kappa shape index (κ3) is 2.06. The third-order valence-electron chi connectivity index (χ3n) is 2.53. The van der Waals surface area contributed by atoms with Gasteiger partial charge in [0.15, 0.2) is 0 Å². The molecular weight excluding hydrogens is 304 g/mol. The molecule has 18 heavy (non-hydrogen) atoms. The third-order valence-corrected chi connectivity index (χ3v) is 3.15. The quantitative estimate of drug-likeness (QED) is 0.858. The number of nitrogens with one attached hydrogen (secondary N) is 1. The van der Waals surface area contributed by atoms with E-state index in [0.29, 0.717) is 15.9 Å². The molecule has 0 bridgehead atoms. The van der Waals surface area contributed by atoms with Gasteiger partial charge in [-0.1, -0.05) is 0 Å². The molecule has 7 heteroatoms. The maximum Gasteiger partial charge on any atom is 0.331 e. The maximum atomic E-state index is 11.9. The lowest BCUT2D eigenvalue weighted by Crippen LogP contribution is -2.32. The van der Waals surface area contributed by atoms with Crippen molar-refractivity contribution in [3.63, 3.8) is 0 Å². The number of benzene rings is 1.